The summed E-state index contributed by atoms with van der Waals surface area (Å²) < 4.78 is 5.20. The van der Waals surface area contributed by atoms with E-state index in [1.54, 1.807) is 0 Å². The lowest BCUT2D eigenvalue weighted by atomic mass is 9.99. The lowest BCUT2D eigenvalue weighted by molar-refractivity contribution is 0.124. The molecule has 0 unspecified atom stereocenters. The van der Waals surface area contributed by atoms with E-state index in [0.717, 1.165) is 37.8 Å². The summed E-state index contributed by atoms with van der Waals surface area (Å²) in [6.07, 6.45) is 2.36. The first-order valence-corrected chi connectivity index (χ1v) is 6.88. The number of nitrogens with zero attached hydrogens (tertiary/aromatic N) is 3. The van der Waals surface area contributed by atoms with Gasteiger partial charge in [-0.3, -0.25) is 0 Å². The molecule has 0 atom stereocenters. The van der Waals surface area contributed by atoms with E-state index >= 15 is 0 Å². The van der Waals surface area contributed by atoms with Gasteiger partial charge in [0.25, 0.3) is 0 Å². The predicted molar refractivity (Wildman–Crippen MR) is 73.0 cm³/mol. The zero-order chi connectivity index (χ0) is 13.1. The fourth-order valence-electron chi connectivity index (χ4n) is 2.54. The fraction of sp³-hybridized carbons (Fsp3) is 0.467. The molecule has 100 valence electrons. The summed E-state index contributed by atoms with van der Waals surface area (Å²) >= 11 is 0. The van der Waals surface area contributed by atoms with Gasteiger partial charge in [0.15, 0.2) is 5.82 Å². The summed E-state index contributed by atoms with van der Waals surface area (Å²) in [5.74, 6) is 1.98. The molecule has 1 saturated heterocycles. The Labute approximate surface area is 113 Å². The molecular formula is C15H19N3O. The summed E-state index contributed by atoms with van der Waals surface area (Å²) in [4.78, 5) is 6.74. The van der Waals surface area contributed by atoms with Crippen molar-refractivity contribution < 1.29 is 4.52 Å². The minimum absolute atomic E-state index is 0.443. The van der Waals surface area contributed by atoms with E-state index in [4.69, 9.17) is 4.52 Å². The lowest BCUT2D eigenvalue weighted by Crippen LogP contribution is -2.45. The second-order valence-electron chi connectivity index (χ2n) is 5.23. The molecule has 0 spiro atoms. The molecule has 2 aromatic rings. The Bertz CT molecular complexity index is 517. The number of aromatic nitrogens is 2. The summed E-state index contributed by atoms with van der Waals surface area (Å²) in [5, 5.41) is 3.84. The molecule has 0 N–H and O–H groups in total. The Kier molecular flexibility index (Phi) is 3.60. The fourth-order valence-corrected chi connectivity index (χ4v) is 2.54. The number of benzene rings is 1. The Morgan fingerprint density at radius 1 is 1.26 bits per heavy atom. The van der Waals surface area contributed by atoms with Gasteiger partial charge >= 0.3 is 0 Å². The molecule has 2 heterocycles. The third-order valence-corrected chi connectivity index (χ3v) is 3.63. The lowest BCUT2D eigenvalue weighted by Gasteiger charge is -2.37. The second-order valence-corrected chi connectivity index (χ2v) is 5.23. The number of aryl methyl sites for hydroxylation is 2. The summed E-state index contributed by atoms with van der Waals surface area (Å²) in [5.41, 5.74) is 1.42. The molecule has 1 aliphatic rings. The van der Waals surface area contributed by atoms with Gasteiger partial charge in [-0.25, -0.2) is 0 Å². The normalized spacial score (nSPS) is 16.5. The first-order valence-electron chi connectivity index (χ1n) is 6.88. The molecule has 0 aliphatic carbocycles. The highest BCUT2D eigenvalue weighted by Gasteiger charge is 2.31. The quantitative estimate of drug-likeness (QED) is 0.825. The van der Waals surface area contributed by atoms with Gasteiger partial charge in [-0.2, -0.15) is 4.98 Å². The molecular weight excluding hydrogens is 238 g/mol. The Hall–Kier alpha value is -1.68. The average molecular weight is 257 g/mol. The number of rotatable bonds is 5. The van der Waals surface area contributed by atoms with Crippen molar-refractivity contribution in [3.8, 4) is 0 Å². The predicted octanol–water partition coefficient (Wildman–Crippen LogP) is 2.41. The summed E-state index contributed by atoms with van der Waals surface area (Å²) in [7, 11) is 0. The highest BCUT2D eigenvalue weighted by molar-refractivity contribution is 5.14. The van der Waals surface area contributed by atoms with Crippen LogP contribution in [0.2, 0.25) is 0 Å². The van der Waals surface area contributed by atoms with Gasteiger partial charge in [-0.15, -0.1) is 0 Å². The van der Waals surface area contributed by atoms with Gasteiger partial charge in [-0.1, -0.05) is 35.5 Å². The molecule has 4 nitrogen and oxygen atoms in total. The maximum absolute atomic E-state index is 5.20. The highest BCUT2D eigenvalue weighted by Crippen LogP contribution is 2.25. The Morgan fingerprint density at radius 3 is 2.74 bits per heavy atom. The number of hydrogen-bond donors (Lipinski definition) is 0. The highest BCUT2D eigenvalue weighted by atomic mass is 16.5. The molecule has 1 fully saturated rings. The van der Waals surface area contributed by atoms with Gasteiger partial charge in [-0.05, 0) is 31.9 Å². The van der Waals surface area contributed by atoms with Gasteiger partial charge in [0.05, 0.1) is 5.92 Å². The molecule has 19 heavy (non-hydrogen) atoms. The Balaban J connectivity index is 1.38. The van der Waals surface area contributed by atoms with Crippen molar-refractivity contribution in [2.45, 2.75) is 25.7 Å². The molecule has 0 radical (unpaired) electrons. The van der Waals surface area contributed by atoms with Gasteiger partial charge in [0, 0.05) is 13.1 Å². The smallest absolute Gasteiger partial charge is 0.232 e. The van der Waals surface area contributed by atoms with Gasteiger partial charge in [0.2, 0.25) is 5.89 Å². The van der Waals surface area contributed by atoms with Crippen LogP contribution in [0.4, 0.5) is 0 Å². The van der Waals surface area contributed by atoms with Crippen LogP contribution in [0.1, 0.15) is 29.6 Å². The third kappa shape index (κ3) is 3.01. The van der Waals surface area contributed by atoms with Crippen LogP contribution in [0.25, 0.3) is 0 Å². The standard InChI is InChI=1S/C15H19N3O/c1-12-16-15(19-17-12)14-10-18(11-14)9-5-8-13-6-3-2-4-7-13/h2-4,6-7,14H,5,8-11H2,1H3. The Morgan fingerprint density at radius 2 is 2.05 bits per heavy atom. The van der Waals surface area contributed by atoms with Crippen LogP contribution in [0.15, 0.2) is 34.9 Å². The van der Waals surface area contributed by atoms with E-state index in [1.165, 1.54) is 12.0 Å². The molecule has 1 aromatic carbocycles. The van der Waals surface area contributed by atoms with Crippen LogP contribution in [-0.4, -0.2) is 34.7 Å². The minimum Gasteiger partial charge on any atom is -0.339 e. The van der Waals surface area contributed by atoms with Crippen LogP contribution in [0, 0.1) is 6.92 Å². The van der Waals surface area contributed by atoms with Crippen molar-refractivity contribution in [1.29, 1.82) is 0 Å². The van der Waals surface area contributed by atoms with E-state index in [2.05, 4.69) is 45.4 Å². The SMILES string of the molecule is Cc1noc(C2CN(CCCc3ccccc3)C2)n1. The zero-order valence-corrected chi connectivity index (χ0v) is 11.2. The maximum Gasteiger partial charge on any atom is 0.232 e. The van der Waals surface area contributed by atoms with E-state index in [9.17, 15) is 0 Å². The molecule has 1 aromatic heterocycles. The molecule has 4 heteroatoms. The van der Waals surface area contributed by atoms with Gasteiger partial charge in [0.1, 0.15) is 0 Å². The second kappa shape index (κ2) is 5.53. The van der Waals surface area contributed by atoms with Crippen molar-refractivity contribution in [2.24, 2.45) is 0 Å². The van der Waals surface area contributed by atoms with E-state index in [-0.39, 0.29) is 0 Å². The van der Waals surface area contributed by atoms with E-state index in [0.29, 0.717) is 5.92 Å². The van der Waals surface area contributed by atoms with Crippen molar-refractivity contribution in [3.63, 3.8) is 0 Å². The third-order valence-electron chi connectivity index (χ3n) is 3.63. The number of hydrogen-bond acceptors (Lipinski definition) is 4. The molecule has 0 amide bonds. The molecule has 1 aliphatic heterocycles. The molecule has 0 bridgehead atoms. The monoisotopic (exact) mass is 257 g/mol. The minimum atomic E-state index is 0.443. The van der Waals surface area contributed by atoms with Crippen LogP contribution < -0.4 is 0 Å². The number of likely N-dealkylation sites (tertiary alicyclic amines) is 1. The first-order chi connectivity index (χ1) is 9.31. The first kappa shape index (κ1) is 12.4. The van der Waals surface area contributed by atoms with Crippen molar-refractivity contribution >= 4 is 0 Å². The molecule has 3 rings (SSSR count). The largest absolute Gasteiger partial charge is 0.339 e. The van der Waals surface area contributed by atoms with Crippen molar-refractivity contribution in [3.05, 3.63) is 47.6 Å². The topological polar surface area (TPSA) is 42.2 Å². The summed E-state index contributed by atoms with van der Waals surface area (Å²) in [6.45, 7) is 5.12. The van der Waals surface area contributed by atoms with E-state index < -0.39 is 0 Å². The average Bonchev–Trinajstić information content (AvgIpc) is 2.79. The van der Waals surface area contributed by atoms with Gasteiger partial charge < -0.3 is 9.42 Å². The van der Waals surface area contributed by atoms with Crippen LogP contribution >= 0.6 is 0 Å². The van der Waals surface area contributed by atoms with Crippen LogP contribution in [0.3, 0.4) is 0 Å². The molecule has 0 saturated carbocycles. The van der Waals surface area contributed by atoms with Crippen LogP contribution in [0.5, 0.6) is 0 Å². The zero-order valence-electron chi connectivity index (χ0n) is 11.2. The van der Waals surface area contributed by atoms with Crippen LogP contribution in [-0.2, 0) is 6.42 Å². The maximum atomic E-state index is 5.20. The van der Waals surface area contributed by atoms with E-state index in [1.807, 2.05) is 6.92 Å². The summed E-state index contributed by atoms with van der Waals surface area (Å²) in [6, 6.07) is 10.7. The van der Waals surface area contributed by atoms with Crippen molar-refractivity contribution in [1.82, 2.24) is 15.0 Å². The van der Waals surface area contributed by atoms with Crippen molar-refractivity contribution in [2.75, 3.05) is 19.6 Å².